The molecule has 0 amide bonds. The minimum atomic E-state index is -0.691. The third-order valence-corrected chi connectivity index (χ3v) is 8.24. The van der Waals surface area contributed by atoms with Crippen molar-refractivity contribution in [3.05, 3.63) is 48.8 Å². The van der Waals surface area contributed by atoms with E-state index in [-0.39, 0.29) is 29.9 Å². The molecule has 0 saturated carbocycles. The van der Waals surface area contributed by atoms with Gasteiger partial charge in [-0.05, 0) is 0 Å². The molecule has 0 bridgehead atoms. The van der Waals surface area contributed by atoms with Crippen LogP contribution in [0.1, 0.15) is 38.5 Å². The summed E-state index contributed by atoms with van der Waals surface area (Å²) in [7, 11) is 0. The van der Waals surface area contributed by atoms with Gasteiger partial charge in [-0.1, -0.05) is 0 Å². The third kappa shape index (κ3) is 5.00. The van der Waals surface area contributed by atoms with Crippen molar-refractivity contribution in [3.63, 3.8) is 0 Å². The fourth-order valence-electron chi connectivity index (χ4n) is 4.16. The average Bonchev–Trinajstić information content (AvgIpc) is 3.63. The second kappa shape index (κ2) is 10.7. The first-order valence-electron chi connectivity index (χ1n) is 11.3. The Bertz CT molecular complexity index is 1500. The number of hydrogen-bond donors (Lipinski definition) is 2. The van der Waals surface area contributed by atoms with Crippen LogP contribution >= 0.6 is 0 Å². The Labute approximate surface area is 208 Å². The van der Waals surface area contributed by atoms with Crippen LogP contribution in [0.2, 0.25) is 0 Å². The number of unbranched alkanes of at least 4 members (excludes halogenated alkanes) is 4. The molecule has 2 aromatic carbocycles. The molecule has 0 saturated heterocycles. The third-order valence-electron chi connectivity index (χ3n) is 5.88. The van der Waals surface area contributed by atoms with Crippen LogP contribution in [0.3, 0.4) is 0 Å². The molecule has 4 aromatic heterocycles. The van der Waals surface area contributed by atoms with Gasteiger partial charge in [-0.3, -0.25) is 4.79 Å². The van der Waals surface area contributed by atoms with Gasteiger partial charge in [0.1, 0.15) is 0 Å². The van der Waals surface area contributed by atoms with Crippen LogP contribution in [0.25, 0.3) is 43.9 Å². The fourth-order valence-corrected chi connectivity index (χ4v) is 6.51. The monoisotopic (exact) mass is 588 g/mol. The molecule has 8 nitrogen and oxygen atoms in total. The van der Waals surface area contributed by atoms with Crippen LogP contribution < -0.4 is 0 Å². The molecule has 6 rings (SSSR count). The quantitative estimate of drug-likeness (QED) is 0.204. The van der Waals surface area contributed by atoms with E-state index >= 15 is 0 Å². The van der Waals surface area contributed by atoms with Crippen molar-refractivity contribution in [2.45, 2.75) is 45.1 Å². The first-order valence-corrected chi connectivity index (χ1v) is 14.5. The first kappa shape index (κ1) is 23.0. The number of hydrogen-bond acceptors (Lipinski definition) is 5. The Morgan fingerprint density at radius 1 is 0.882 bits per heavy atom. The predicted octanol–water partition coefficient (Wildman–Crippen LogP) is 4.23. The number of aliphatic carboxylic acids is 1. The van der Waals surface area contributed by atoms with E-state index in [9.17, 15) is 4.79 Å². The summed E-state index contributed by atoms with van der Waals surface area (Å²) in [5, 5.41) is 11.0. The van der Waals surface area contributed by atoms with Crippen molar-refractivity contribution in [1.29, 1.82) is 0 Å². The number of carboxylic acids is 1. The summed E-state index contributed by atoms with van der Waals surface area (Å²) in [6.07, 6.45) is 9.40. The standard InChI is InChI=1S/C16H19N3O2Se.C8H5N3Se/c20-14(21)6-4-2-1-3-5-10-19-11-9-12-7-8-13-15(16(12)19)18-22-17-13;1-2-6-8(11-12-10-6)7-5(1)3-4-9-7/h7-9,11H,1-6,10H2,(H,20,21);1-4,10H. The van der Waals surface area contributed by atoms with Gasteiger partial charge in [0.15, 0.2) is 0 Å². The van der Waals surface area contributed by atoms with E-state index < -0.39 is 5.97 Å². The number of nitrogens with one attached hydrogen (secondary N) is 1. The first-order chi connectivity index (χ1) is 16.7. The maximum absolute atomic E-state index is 10.4. The Balaban J connectivity index is 0.000000167. The number of aryl methyl sites for hydroxylation is 1. The Hall–Kier alpha value is -2.77. The predicted molar refractivity (Wildman–Crippen MR) is 136 cm³/mol. The summed E-state index contributed by atoms with van der Waals surface area (Å²) >= 11 is 0.186. The molecule has 0 fully saturated rings. The molecule has 0 aliphatic rings. The maximum atomic E-state index is 10.4. The number of carboxylic acid groups (broad SMARTS) is 1. The minimum absolute atomic E-state index is 0.00978. The van der Waals surface area contributed by atoms with Crippen molar-refractivity contribution >= 4 is 79.8 Å². The SMILES string of the molecule is O=C(O)CCCCCCCn1ccc2ccc3n[se]nc3c21.c1cc2ccc3[nH][se]nc3c2n1. The van der Waals surface area contributed by atoms with Crippen LogP contribution in [-0.2, 0) is 11.3 Å². The fraction of sp³-hybridized carbons (Fsp3) is 0.292. The van der Waals surface area contributed by atoms with Crippen LogP contribution in [-0.4, -0.2) is 66.5 Å². The molecule has 0 atom stereocenters. The number of fused-ring (bicyclic) bond motifs is 6. The number of rotatable bonds is 8. The van der Waals surface area contributed by atoms with Crippen LogP contribution in [0.15, 0.2) is 48.8 Å². The molecule has 34 heavy (non-hydrogen) atoms. The van der Waals surface area contributed by atoms with Gasteiger partial charge in [-0.25, -0.2) is 0 Å². The zero-order valence-corrected chi connectivity index (χ0v) is 21.9. The molecule has 4 heterocycles. The number of H-pyrrole nitrogens is 1. The van der Waals surface area contributed by atoms with E-state index in [1.807, 2.05) is 12.3 Å². The molecule has 174 valence electrons. The van der Waals surface area contributed by atoms with E-state index in [0.717, 1.165) is 66.2 Å². The van der Waals surface area contributed by atoms with E-state index in [1.165, 1.54) is 16.3 Å². The van der Waals surface area contributed by atoms with Crippen LogP contribution in [0, 0.1) is 0 Å². The normalized spacial score (nSPS) is 11.4. The van der Waals surface area contributed by atoms with Crippen LogP contribution in [0.5, 0.6) is 0 Å². The number of benzene rings is 2. The molecule has 0 radical (unpaired) electrons. The molecule has 10 heteroatoms. The molecule has 0 unspecified atom stereocenters. The van der Waals surface area contributed by atoms with Crippen molar-refractivity contribution in [2.24, 2.45) is 0 Å². The van der Waals surface area contributed by atoms with Crippen molar-refractivity contribution in [3.8, 4) is 0 Å². The molecule has 2 N–H and O–H groups in total. The van der Waals surface area contributed by atoms with Crippen molar-refractivity contribution in [1.82, 2.24) is 25.5 Å². The second-order valence-electron chi connectivity index (χ2n) is 8.19. The molecule has 0 spiro atoms. The van der Waals surface area contributed by atoms with Gasteiger partial charge < -0.3 is 5.11 Å². The number of nitrogens with zero attached hydrogens (tertiary/aromatic N) is 5. The molecule has 6 aromatic rings. The zero-order valence-electron chi connectivity index (χ0n) is 18.5. The summed E-state index contributed by atoms with van der Waals surface area (Å²) in [5.41, 5.74) is 6.50. The number of aromatic nitrogens is 6. The Kier molecular flexibility index (Phi) is 7.21. The zero-order chi connectivity index (χ0) is 23.3. The molecular formula is C24H24N6O2Se2. The van der Waals surface area contributed by atoms with Gasteiger partial charge >= 0.3 is 199 Å². The second-order valence-corrected chi connectivity index (χ2v) is 10.5. The van der Waals surface area contributed by atoms with Crippen molar-refractivity contribution < 1.29 is 9.90 Å². The van der Waals surface area contributed by atoms with Gasteiger partial charge in [0.25, 0.3) is 0 Å². The van der Waals surface area contributed by atoms with Gasteiger partial charge in [0, 0.05) is 0 Å². The van der Waals surface area contributed by atoms with Crippen LogP contribution in [0.4, 0.5) is 0 Å². The Morgan fingerprint density at radius 3 is 2.65 bits per heavy atom. The van der Waals surface area contributed by atoms with E-state index in [2.05, 4.69) is 62.0 Å². The van der Waals surface area contributed by atoms with Gasteiger partial charge in [-0.2, -0.15) is 0 Å². The number of aromatic amines is 1. The van der Waals surface area contributed by atoms with Gasteiger partial charge in [0.2, 0.25) is 0 Å². The summed E-state index contributed by atoms with van der Waals surface area (Å²) < 4.78 is 18.9. The summed E-state index contributed by atoms with van der Waals surface area (Å²) in [6, 6.07) is 12.5. The molecular weight excluding hydrogens is 562 g/mol. The van der Waals surface area contributed by atoms with E-state index in [4.69, 9.17) is 5.11 Å². The summed E-state index contributed by atoms with van der Waals surface area (Å²) in [6.45, 7) is 0.988. The van der Waals surface area contributed by atoms with Gasteiger partial charge in [0.05, 0.1) is 0 Å². The van der Waals surface area contributed by atoms with E-state index in [0.29, 0.717) is 6.42 Å². The molecule has 0 aliphatic heterocycles. The summed E-state index contributed by atoms with van der Waals surface area (Å²) in [4.78, 5) is 14.7. The average molecular weight is 586 g/mol. The topological polar surface area (TPSA) is 110 Å². The molecule has 0 aliphatic carbocycles. The van der Waals surface area contributed by atoms with E-state index in [1.54, 1.807) is 0 Å². The van der Waals surface area contributed by atoms with Gasteiger partial charge in [-0.15, -0.1) is 0 Å². The number of carbonyl (C=O) groups is 1. The summed E-state index contributed by atoms with van der Waals surface area (Å²) in [5.74, 6) is -0.691. The van der Waals surface area contributed by atoms with Crippen molar-refractivity contribution in [2.75, 3.05) is 0 Å². The Morgan fingerprint density at radius 2 is 1.74 bits per heavy atom.